The first kappa shape index (κ1) is 15.0. The lowest BCUT2D eigenvalue weighted by Gasteiger charge is -2.14. The maximum atomic E-state index is 6.24. The Labute approximate surface area is 115 Å². The fourth-order valence-electron chi connectivity index (χ4n) is 1.55. The molecule has 0 N–H and O–H groups in total. The molecule has 1 rings (SSSR count). The summed E-state index contributed by atoms with van der Waals surface area (Å²) < 4.78 is 0. The van der Waals surface area contributed by atoms with Gasteiger partial charge in [0.15, 0.2) is 0 Å². The van der Waals surface area contributed by atoms with Crippen LogP contribution in [0.2, 0.25) is 0 Å². The number of nitrogens with zero attached hydrogens (tertiary/aromatic N) is 1. The van der Waals surface area contributed by atoms with Crippen molar-refractivity contribution in [2.75, 3.05) is 0 Å². The molecule has 0 saturated heterocycles. The molecule has 0 radical (unpaired) electrons. The molecule has 98 valence electrons. The molecule has 1 aromatic heterocycles. The largest absolute Gasteiger partial charge is 0.246 e. The van der Waals surface area contributed by atoms with Crippen LogP contribution in [0.25, 0.3) is 0 Å². The minimum atomic E-state index is 0.168. The van der Waals surface area contributed by atoms with Crippen molar-refractivity contribution in [3.63, 3.8) is 0 Å². The third-order valence-corrected chi connectivity index (χ3v) is 4.54. The van der Waals surface area contributed by atoms with Crippen LogP contribution >= 0.6 is 22.9 Å². The van der Waals surface area contributed by atoms with Gasteiger partial charge in [-0.15, -0.1) is 22.9 Å². The van der Waals surface area contributed by atoms with E-state index < -0.39 is 0 Å². The van der Waals surface area contributed by atoms with Crippen LogP contribution in [-0.2, 0) is 11.8 Å². The van der Waals surface area contributed by atoms with Gasteiger partial charge in [-0.05, 0) is 25.2 Å². The summed E-state index contributed by atoms with van der Waals surface area (Å²) in [7, 11) is 0. The predicted octanol–water partition coefficient (Wildman–Crippen LogP) is 5.03. The van der Waals surface area contributed by atoms with Crippen LogP contribution in [0.4, 0.5) is 0 Å². The van der Waals surface area contributed by atoms with Gasteiger partial charge in [-0.3, -0.25) is 0 Å². The van der Waals surface area contributed by atoms with Crippen molar-refractivity contribution >= 4 is 22.9 Å². The Morgan fingerprint density at radius 3 is 2.47 bits per heavy atom. The number of alkyl halides is 1. The van der Waals surface area contributed by atoms with Gasteiger partial charge in [-0.2, -0.15) is 0 Å². The van der Waals surface area contributed by atoms with Crippen LogP contribution in [0, 0.1) is 5.92 Å². The minimum Gasteiger partial charge on any atom is -0.246 e. The molecule has 1 unspecified atom stereocenters. The maximum absolute atomic E-state index is 6.24. The van der Waals surface area contributed by atoms with Crippen LogP contribution < -0.4 is 0 Å². The smallest absolute Gasteiger partial charge is 0.0928 e. The lowest BCUT2D eigenvalue weighted by atomic mass is 9.93. The first-order valence-corrected chi connectivity index (χ1v) is 7.71. The summed E-state index contributed by atoms with van der Waals surface area (Å²) in [5, 5.41) is 3.75. The number of thiazole rings is 1. The molecule has 0 saturated carbocycles. The molecule has 0 aliphatic heterocycles. The van der Waals surface area contributed by atoms with Gasteiger partial charge in [-0.1, -0.05) is 34.6 Å². The predicted molar refractivity (Wildman–Crippen MR) is 78.2 cm³/mol. The molecule has 0 aliphatic carbocycles. The second kappa shape index (κ2) is 6.19. The number of rotatable bonds is 5. The van der Waals surface area contributed by atoms with Gasteiger partial charge in [0.05, 0.1) is 10.7 Å². The van der Waals surface area contributed by atoms with Crippen molar-refractivity contribution in [1.82, 2.24) is 4.98 Å². The van der Waals surface area contributed by atoms with E-state index >= 15 is 0 Å². The Morgan fingerprint density at radius 2 is 2.00 bits per heavy atom. The fraction of sp³-hybridized carbons (Fsp3) is 0.786. The van der Waals surface area contributed by atoms with E-state index in [-0.39, 0.29) is 5.41 Å². The number of aromatic nitrogens is 1. The minimum absolute atomic E-state index is 0.168. The zero-order chi connectivity index (χ0) is 13.1. The topological polar surface area (TPSA) is 12.9 Å². The highest BCUT2D eigenvalue weighted by Crippen LogP contribution is 2.25. The van der Waals surface area contributed by atoms with E-state index in [1.807, 2.05) is 0 Å². The van der Waals surface area contributed by atoms with Crippen molar-refractivity contribution < 1.29 is 0 Å². The van der Waals surface area contributed by atoms with Gasteiger partial charge in [0, 0.05) is 16.2 Å². The molecule has 0 amide bonds. The van der Waals surface area contributed by atoms with Crippen LogP contribution in [0.15, 0.2) is 5.38 Å². The van der Waals surface area contributed by atoms with Crippen LogP contribution in [0.5, 0.6) is 0 Å². The Hall–Kier alpha value is -0.0800. The summed E-state index contributed by atoms with van der Waals surface area (Å²) in [5.41, 5.74) is 1.38. The van der Waals surface area contributed by atoms with Crippen molar-refractivity contribution in [3.05, 3.63) is 16.1 Å². The zero-order valence-corrected chi connectivity index (χ0v) is 13.2. The van der Waals surface area contributed by atoms with Crippen molar-refractivity contribution in [1.29, 1.82) is 0 Å². The summed E-state index contributed by atoms with van der Waals surface area (Å²) in [4.78, 5) is 4.70. The Kier molecular flexibility index (Phi) is 5.46. The molecule has 0 aromatic carbocycles. The summed E-state index contributed by atoms with van der Waals surface area (Å²) in [5.74, 6) is 0.568. The monoisotopic (exact) mass is 273 g/mol. The van der Waals surface area contributed by atoms with Gasteiger partial charge >= 0.3 is 0 Å². The van der Waals surface area contributed by atoms with Gasteiger partial charge in [0.1, 0.15) is 0 Å². The van der Waals surface area contributed by atoms with E-state index in [0.29, 0.717) is 11.3 Å². The Bertz CT molecular complexity index is 338. The fourth-order valence-corrected chi connectivity index (χ4v) is 2.77. The quantitative estimate of drug-likeness (QED) is 0.686. The van der Waals surface area contributed by atoms with Crippen LogP contribution in [-0.4, -0.2) is 10.4 Å². The summed E-state index contributed by atoms with van der Waals surface area (Å²) >= 11 is 8.03. The molecule has 3 heteroatoms. The second-order valence-corrected chi connectivity index (χ2v) is 7.53. The molecule has 0 bridgehead atoms. The maximum Gasteiger partial charge on any atom is 0.0928 e. The van der Waals surface area contributed by atoms with Crippen molar-refractivity contribution in [2.24, 2.45) is 5.92 Å². The van der Waals surface area contributed by atoms with Gasteiger partial charge < -0.3 is 0 Å². The average molecular weight is 274 g/mol. The standard InChI is InChI=1S/C14H24ClNS/c1-10(2)11(15)7-6-8-13-16-12(9-17-13)14(3,4)5/h9-11H,6-8H2,1-5H3. The third-order valence-electron chi connectivity index (χ3n) is 2.91. The SMILES string of the molecule is CC(C)C(Cl)CCCc1nc(C(C)(C)C)cs1. The van der Waals surface area contributed by atoms with Crippen LogP contribution in [0.3, 0.4) is 0 Å². The number of halogens is 1. The molecule has 0 fully saturated rings. The molecule has 1 nitrogen and oxygen atoms in total. The second-order valence-electron chi connectivity index (χ2n) is 6.03. The number of hydrogen-bond acceptors (Lipinski definition) is 2. The first-order valence-electron chi connectivity index (χ1n) is 6.39. The number of hydrogen-bond donors (Lipinski definition) is 0. The molecule has 1 aromatic rings. The molecule has 1 atom stereocenters. The van der Waals surface area contributed by atoms with E-state index in [4.69, 9.17) is 16.6 Å². The summed E-state index contributed by atoms with van der Waals surface area (Å²) in [6.45, 7) is 11.0. The van der Waals surface area contributed by atoms with Crippen LogP contribution in [0.1, 0.15) is 58.2 Å². The Morgan fingerprint density at radius 1 is 1.35 bits per heavy atom. The van der Waals surface area contributed by atoms with Crippen molar-refractivity contribution in [2.45, 2.75) is 64.7 Å². The molecular weight excluding hydrogens is 250 g/mol. The summed E-state index contributed by atoms with van der Waals surface area (Å²) in [6, 6.07) is 0. The highest BCUT2D eigenvalue weighted by Gasteiger charge is 2.17. The zero-order valence-electron chi connectivity index (χ0n) is 11.6. The lowest BCUT2D eigenvalue weighted by molar-refractivity contribution is 0.544. The van der Waals surface area contributed by atoms with E-state index in [2.05, 4.69) is 40.0 Å². The molecular formula is C14H24ClNS. The average Bonchev–Trinajstić information content (AvgIpc) is 2.65. The van der Waals surface area contributed by atoms with Gasteiger partial charge in [-0.25, -0.2) is 4.98 Å². The lowest BCUT2D eigenvalue weighted by Crippen LogP contribution is -2.11. The van der Waals surface area contributed by atoms with Crippen molar-refractivity contribution in [3.8, 4) is 0 Å². The van der Waals surface area contributed by atoms with E-state index in [9.17, 15) is 0 Å². The molecule has 0 spiro atoms. The Balaban J connectivity index is 2.41. The third kappa shape index (κ3) is 4.97. The highest BCUT2D eigenvalue weighted by molar-refractivity contribution is 7.09. The first-order chi connectivity index (χ1) is 7.80. The van der Waals surface area contributed by atoms with E-state index in [1.165, 1.54) is 10.7 Å². The normalized spacial score (nSPS) is 14.3. The van der Waals surface area contributed by atoms with Gasteiger partial charge in [0.2, 0.25) is 0 Å². The van der Waals surface area contributed by atoms with E-state index in [1.54, 1.807) is 11.3 Å². The molecule has 17 heavy (non-hydrogen) atoms. The number of aryl methyl sites for hydroxylation is 1. The highest BCUT2D eigenvalue weighted by atomic mass is 35.5. The van der Waals surface area contributed by atoms with Gasteiger partial charge in [0.25, 0.3) is 0 Å². The molecule has 1 heterocycles. The van der Waals surface area contributed by atoms with E-state index in [0.717, 1.165) is 19.3 Å². The summed E-state index contributed by atoms with van der Waals surface area (Å²) in [6.07, 6.45) is 3.30. The molecule has 0 aliphatic rings.